The molecule has 5 rings (SSSR count). The third-order valence-electron chi connectivity index (χ3n) is 6.40. The van der Waals surface area contributed by atoms with Crippen LogP contribution in [0.1, 0.15) is 29.6 Å². The van der Waals surface area contributed by atoms with E-state index in [1.54, 1.807) is 11.5 Å². The van der Waals surface area contributed by atoms with Crippen LogP contribution in [-0.2, 0) is 17.8 Å². The Bertz CT molecular complexity index is 1340. The highest BCUT2D eigenvalue weighted by Crippen LogP contribution is 2.27. The number of aromatic nitrogens is 4. The molecule has 1 aliphatic heterocycles. The fraction of sp³-hybridized carbons (Fsp3) is 0.455. The summed E-state index contributed by atoms with van der Waals surface area (Å²) in [6, 6.07) is 1.50. The van der Waals surface area contributed by atoms with Crippen LogP contribution < -0.4 is 11.1 Å². The topological polar surface area (TPSA) is 96.2 Å². The second-order valence-corrected chi connectivity index (χ2v) is 9.42. The summed E-state index contributed by atoms with van der Waals surface area (Å²) < 4.78 is 3.13. The number of H-pyrrole nitrogens is 1. The molecule has 3 aromatic heterocycles. The standard InChI is InChI=1S/C22H26N6O3S/c1-14-20-17(24-28(21(20)31)22-23-16-5-3-4-6-18(16)32-22)13-19(30)27(14)12-9-25-7-10-26(11-8-25)15(2)29/h3,5,13,24H,4,6-12H2,1-2H3. The van der Waals surface area contributed by atoms with E-state index in [1.807, 2.05) is 17.9 Å². The molecule has 0 radical (unpaired) electrons. The normalized spacial score (nSPS) is 16.6. The van der Waals surface area contributed by atoms with E-state index >= 15 is 0 Å². The lowest BCUT2D eigenvalue weighted by Gasteiger charge is -2.34. The van der Waals surface area contributed by atoms with Crippen molar-refractivity contribution in [1.29, 1.82) is 0 Å². The van der Waals surface area contributed by atoms with Gasteiger partial charge in [0.25, 0.3) is 11.1 Å². The monoisotopic (exact) mass is 454 g/mol. The molecule has 168 valence electrons. The summed E-state index contributed by atoms with van der Waals surface area (Å²) in [7, 11) is 0. The number of nitrogens with zero attached hydrogens (tertiary/aromatic N) is 5. The number of aromatic amines is 1. The maximum atomic E-state index is 13.2. The van der Waals surface area contributed by atoms with Gasteiger partial charge in [0.05, 0.1) is 16.6 Å². The fourth-order valence-corrected chi connectivity index (χ4v) is 5.54. The van der Waals surface area contributed by atoms with E-state index in [2.05, 4.69) is 21.1 Å². The van der Waals surface area contributed by atoms with E-state index in [4.69, 9.17) is 0 Å². The Hall–Kier alpha value is -2.98. The number of allylic oxidation sites excluding steroid dienone is 1. The Balaban J connectivity index is 1.42. The first kappa shape index (κ1) is 20.9. The van der Waals surface area contributed by atoms with Crippen molar-refractivity contribution in [3.05, 3.63) is 49.1 Å². The summed E-state index contributed by atoms with van der Waals surface area (Å²) in [5.74, 6) is 0.100. The number of carbonyl (C=O) groups is 1. The molecule has 1 aliphatic carbocycles. The minimum Gasteiger partial charge on any atom is -0.340 e. The number of rotatable bonds is 4. The Kier molecular flexibility index (Phi) is 5.34. The van der Waals surface area contributed by atoms with Crippen molar-refractivity contribution in [2.75, 3.05) is 32.7 Å². The number of thiazole rings is 1. The maximum Gasteiger partial charge on any atom is 0.282 e. The Morgan fingerprint density at radius 1 is 1.19 bits per heavy atom. The van der Waals surface area contributed by atoms with Gasteiger partial charge in [0.15, 0.2) is 0 Å². The van der Waals surface area contributed by atoms with Crippen LogP contribution in [0.15, 0.2) is 21.7 Å². The molecule has 0 spiro atoms. The highest BCUT2D eigenvalue weighted by Gasteiger charge is 2.21. The Morgan fingerprint density at radius 3 is 2.69 bits per heavy atom. The van der Waals surface area contributed by atoms with E-state index < -0.39 is 0 Å². The van der Waals surface area contributed by atoms with E-state index in [-0.39, 0.29) is 17.0 Å². The number of fused-ring (bicyclic) bond motifs is 2. The average Bonchev–Trinajstić information content (AvgIpc) is 3.34. The molecular weight excluding hydrogens is 428 g/mol. The summed E-state index contributed by atoms with van der Waals surface area (Å²) in [5.41, 5.74) is 1.80. The molecule has 4 heterocycles. The molecule has 1 amide bonds. The van der Waals surface area contributed by atoms with Crippen LogP contribution in [0.3, 0.4) is 0 Å². The van der Waals surface area contributed by atoms with Crippen molar-refractivity contribution < 1.29 is 4.79 Å². The van der Waals surface area contributed by atoms with Crippen LogP contribution in [0.4, 0.5) is 0 Å². The predicted octanol–water partition coefficient (Wildman–Crippen LogP) is 1.37. The first-order chi connectivity index (χ1) is 15.4. The van der Waals surface area contributed by atoms with Crippen molar-refractivity contribution in [1.82, 2.24) is 29.1 Å². The van der Waals surface area contributed by atoms with Crippen LogP contribution in [0.5, 0.6) is 0 Å². The van der Waals surface area contributed by atoms with Crippen molar-refractivity contribution in [2.45, 2.75) is 33.2 Å². The molecular formula is C22H26N6O3S. The van der Waals surface area contributed by atoms with Gasteiger partial charge in [-0.2, -0.15) is 4.68 Å². The van der Waals surface area contributed by atoms with Gasteiger partial charge in [-0.15, -0.1) is 0 Å². The highest BCUT2D eigenvalue weighted by atomic mass is 32.1. The van der Waals surface area contributed by atoms with Gasteiger partial charge in [0.2, 0.25) is 11.0 Å². The minimum absolute atomic E-state index is 0.100. The van der Waals surface area contributed by atoms with Gasteiger partial charge in [0, 0.05) is 62.8 Å². The zero-order chi connectivity index (χ0) is 22.4. The first-order valence-corrected chi connectivity index (χ1v) is 11.7. The van der Waals surface area contributed by atoms with E-state index in [0.29, 0.717) is 47.9 Å². The van der Waals surface area contributed by atoms with Crippen LogP contribution >= 0.6 is 11.3 Å². The number of nitrogens with one attached hydrogen (secondary N) is 1. The number of aryl methyl sites for hydroxylation is 2. The summed E-state index contributed by atoms with van der Waals surface area (Å²) in [5, 5.41) is 4.21. The third kappa shape index (κ3) is 3.63. The lowest BCUT2D eigenvalue weighted by molar-refractivity contribution is -0.130. The minimum atomic E-state index is -0.184. The van der Waals surface area contributed by atoms with E-state index in [1.165, 1.54) is 27.0 Å². The highest BCUT2D eigenvalue weighted by molar-refractivity contribution is 7.14. The molecule has 3 aromatic rings. The van der Waals surface area contributed by atoms with Gasteiger partial charge in [-0.25, -0.2) is 4.98 Å². The van der Waals surface area contributed by atoms with Crippen LogP contribution in [0.2, 0.25) is 0 Å². The van der Waals surface area contributed by atoms with Gasteiger partial charge < -0.3 is 9.47 Å². The van der Waals surface area contributed by atoms with Crippen LogP contribution in [-0.4, -0.2) is 67.8 Å². The predicted molar refractivity (Wildman–Crippen MR) is 125 cm³/mol. The zero-order valence-corrected chi connectivity index (χ0v) is 19.1. The maximum absolute atomic E-state index is 13.2. The summed E-state index contributed by atoms with van der Waals surface area (Å²) in [6.07, 6.45) is 6.01. The van der Waals surface area contributed by atoms with Crippen molar-refractivity contribution in [3.8, 4) is 5.13 Å². The molecule has 32 heavy (non-hydrogen) atoms. The second kappa shape index (κ2) is 8.18. The van der Waals surface area contributed by atoms with Crippen LogP contribution in [0, 0.1) is 6.92 Å². The largest absolute Gasteiger partial charge is 0.340 e. The van der Waals surface area contributed by atoms with Gasteiger partial charge in [-0.05, 0) is 25.8 Å². The molecule has 9 nitrogen and oxygen atoms in total. The fourth-order valence-electron chi connectivity index (χ4n) is 4.52. The first-order valence-electron chi connectivity index (χ1n) is 10.9. The van der Waals surface area contributed by atoms with E-state index in [9.17, 15) is 14.4 Å². The van der Waals surface area contributed by atoms with Crippen molar-refractivity contribution in [3.63, 3.8) is 0 Å². The molecule has 0 bridgehead atoms. The van der Waals surface area contributed by atoms with E-state index in [0.717, 1.165) is 31.6 Å². The number of carbonyl (C=O) groups excluding carboxylic acids is 1. The molecule has 10 heteroatoms. The SMILES string of the molecule is CC(=O)N1CCN(CCn2c(C)c3c(=O)n(-c4nc5c(s4)CCC=C5)[nH]c3cc2=O)CC1. The molecule has 0 atom stereocenters. The molecule has 1 saturated heterocycles. The molecule has 0 unspecified atom stereocenters. The third-order valence-corrected chi connectivity index (χ3v) is 7.51. The van der Waals surface area contributed by atoms with Gasteiger partial charge in [-0.3, -0.25) is 24.4 Å². The zero-order valence-electron chi connectivity index (χ0n) is 18.3. The molecule has 0 aromatic carbocycles. The Labute approximate surface area is 188 Å². The molecule has 2 aliphatic rings. The average molecular weight is 455 g/mol. The molecule has 1 N–H and O–H groups in total. The van der Waals surface area contributed by atoms with Gasteiger partial charge in [0.1, 0.15) is 0 Å². The molecule has 0 saturated carbocycles. The lowest BCUT2D eigenvalue weighted by atomic mass is 10.1. The van der Waals surface area contributed by atoms with Gasteiger partial charge in [-0.1, -0.05) is 17.4 Å². The summed E-state index contributed by atoms with van der Waals surface area (Å²) in [6.45, 7) is 7.60. The molecule has 1 fully saturated rings. The smallest absolute Gasteiger partial charge is 0.282 e. The van der Waals surface area contributed by atoms with Crippen molar-refractivity contribution in [2.24, 2.45) is 0 Å². The Morgan fingerprint density at radius 2 is 1.97 bits per heavy atom. The number of piperazine rings is 1. The summed E-state index contributed by atoms with van der Waals surface area (Å²) in [4.78, 5) is 47.5. The van der Waals surface area contributed by atoms with Crippen LogP contribution in [0.25, 0.3) is 22.1 Å². The van der Waals surface area contributed by atoms with Gasteiger partial charge >= 0.3 is 0 Å². The quantitative estimate of drug-likeness (QED) is 0.642. The lowest BCUT2D eigenvalue weighted by Crippen LogP contribution is -2.49. The number of hydrogen-bond acceptors (Lipinski definition) is 6. The summed E-state index contributed by atoms with van der Waals surface area (Å²) >= 11 is 1.51. The van der Waals surface area contributed by atoms with Crippen molar-refractivity contribution >= 4 is 34.2 Å². The second-order valence-electron chi connectivity index (χ2n) is 8.35. The number of pyridine rings is 1. The number of amides is 1. The number of hydrogen-bond donors (Lipinski definition) is 1.